The Morgan fingerprint density at radius 1 is 1.16 bits per heavy atom. The van der Waals surface area contributed by atoms with Crippen LogP contribution in [0, 0.1) is 0 Å². The van der Waals surface area contributed by atoms with Crippen molar-refractivity contribution in [1.82, 2.24) is 4.90 Å². The van der Waals surface area contributed by atoms with Gasteiger partial charge in [0.25, 0.3) is 0 Å². The quantitative estimate of drug-likeness (QED) is 0.809. The Balaban J connectivity index is 2.00. The van der Waals surface area contributed by atoms with E-state index in [4.69, 9.17) is 19.9 Å². The molecule has 1 aromatic rings. The van der Waals surface area contributed by atoms with Gasteiger partial charge in [-0.15, -0.1) is 0 Å². The van der Waals surface area contributed by atoms with E-state index in [2.05, 4.69) is 4.90 Å². The summed E-state index contributed by atoms with van der Waals surface area (Å²) < 4.78 is 16.0. The van der Waals surface area contributed by atoms with Crippen LogP contribution in [-0.4, -0.2) is 51.5 Å². The highest BCUT2D eigenvalue weighted by Gasteiger charge is 2.32. The van der Waals surface area contributed by atoms with Crippen molar-refractivity contribution in [3.8, 4) is 5.75 Å². The zero-order valence-electron chi connectivity index (χ0n) is 11.8. The van der Waals surface area contributed by atoms with Crippen molar-refractivity contribution >= 4 is 5.69 Å². The predicted octanol–water partition coefficient (Wildman–Crippen LogP) is 1.12. The Kier molecular flexibility index (Phi) is 4.63. The lowest BCUT2D eigenvalue weighted by Crippen LogP contribution is -2.27. The Morgan fingerprint density at radius 3 is 2.26 bits per heavy atom. The van der Waals surface area contributed by atoms with Gasteiger partial charge in [-0.25, -0.2) is 0 Å². The molecule has 0 aliphatic carbocycles. The molecule has 1 aliphatic heterocycles. The highest BCUT2D eigenvalue weighted by Crippen LogP contribution is 2.24. The van der Waals surface area contributed by atoms with Crippen LogP contribution in [0.15, 0.2) is 18.2 Å². The maximum absolute atomic E-state index is 5.92. The van der Waals surface area contributed by atoms with Gasteiger partial charge in [0, 0.05) is 33.9 Å². The van der Waals surface area contributed by atoms with Crippen molar-refractivity contribution in [3.05, 3.63) is 23.8 Å². The van der Waals surface area contributed by atoms with Crippen LogP contribution in [0.2, 0.25) is 0 Å². The van der Waals surface area contributed by atoms with Crippen LogP contribution < -0.4 is 10.5 Å². The van der Waals surface area contributed by atoms with E-state index in [1.165, 1.54) is 5.56 Å². The largest absolute Gasteiger partial charge is 0.495 e. The van der Waals surface area contributed by atoms with E-state index in [1.807, 2.05) is 18.2 Å². The number of hydrogen-bond donors (Lipinski definition) is 1. The zero-order chi connectivity index (χ0) is 13.8. The molecule has 0 aromatic heterocycles. The third kappa shape index (κ3) is 3.18. The van der Waals surface area contributed by atoms with Crippen molar-refractivity contribution < 1.29 is 14.2 Å². The summed E-state index contributed by atoms with van der Waals surface area (Å²) in [5.41, 5.74) is 7.76. The van der Waals surface area contributed by atoms with Gasteiger partial charge in [0.1, 0.15) is 5.75 Å². The second kappa shape index (κ2) is 6.23. The minimum atomic E-state index is 0.139. The number of nitrogen functional groups attached to an aromatic ring is 1. The third-order valence-electron chi connectivity index (χ3n) is 3.60. The van der Waals surface area contributed by atoms with Gasteiger partial charge >= 0.3 is 0 Å². The average Bonchev–Trinajstić information content (AvgIpc) is 2.81. The number of nitrogens with zero attached hydrogens (tertiary/aromatic N) is 1. The molecular weight excluding hydrogens is 244 g/mol. The molecule has 5 heteroatoms. The van der Waals surface area contributed by atoms with Crippen molar-refractivity contribution in [3.63, 3.8) is 0 Å². The first-order valence-electron chi connectivity index (χ1n) is 6.38. The summed E-state index contributed by atoms with van der Waals surface area (Å²) >= 11 is 0. The minimum absolute atomic E-state index is 0.139. The number of rotatable bonds is 5. The molecule has 1 heterocycles. The molecule has 0 saturated carbocycles. The molecule has 1 fully saturated rings. The molecule has 19 heavy (non-hydrogen) atoms. The van der Waals surface area contributed by atoms with Gasteiger partial charge in [0.15, 0.2) is 0 Å². The van der Waals surface area contributed by atoms with Crippen LogP contribution >= 0.6 is 0 Å². The molecule has 0 bridgehead atoms. The Hall–Kier alpha value is -1.30. The second-order valence-corrected chi connectivity index (χ2v) is 4.82. The molecular formula is C14H22N2O3. The molecule has 1 saturated heterocycles. The molecule has 0 spiro atoms. The number of benzene rings is 1. The van der Waals surface area contributed by atoms with Crippen LogP contribution in [0.3, 0.4) is 0 Å². The molecule has 2 rings (SSSR count). The molecule has 5 nitrogen and oxygen atoms in total. The smallest absolute Gasteiger partial charge is 0.141 e. The van der Waals surface area contributed by atoms with Gasteiger partial charge in [-0.05, 0) is 17.7 Å². The van der Waals surface area contributed by atoms with Crippen molar-refractivity contribution in [1.29, 1.82) is 0 Å². The van der Waals surface area contributed by atoms with Crippen molar-refractivity contribution in [2.24, 2.45) is 0 Å². The number of likely N-dealkylation sites (tertiary alicyclic amines) is 1. The number of methoxy groups -OCH3 is 3. The second-order valence-electron chi connectivity index (χ2n) is 4.82. The van der Waals surface area contributed by atoms with Gasteiger partial charge in [-0.3, -0.25) is 4.90 Å². The maximum Gasteiger partial charge on any atom is 0.141 e. The molecule has 1 aliphatic rings. The number of ether oxygens (including phenoxy) is 3. The SMILES string of the molecule is COc1ccc(CN2CC(OC)C(OC)C2)cc1N. The summed E-state index contributed by atoms with van der Waals surface area (Å²) in [6.45, 7) is 2.59. The fraction of sp³-hybridized carbons (Fsp3) is 0.571. The third-order valence-corrected chi connectivity index (χ3v) is 3.60. The minimum Gasteiger partial charge on any atom is -0.495 e. The fourth-order valence-electron chi connectivity index (χ4n) is 2.54. The monoisotopic (exact) mass is 266 g/mol. The lowest BCUT2D eigenvalue weighted by Gasteiger charge is -2.16. The number of anilines is 1. The van der Waals surface area contributed by atoms with Crippen molar-refractivity contribution in [2.45, 2.75) is 18.8 Å². The summed E-state index contributed by atoms with van der Waals surface area (Å²) in [4.78, 5) is 2.31. The Bertz CT molecular complexity index is 413. The fourth-order valence-corrected chi connectivity index (χ4v) is 2.54. The number of hydrogen-bond acceptors (Lipinski definition) is 5. The first-order valence-corrected chi connectivity index (χ1v) is 6.38. The summed E-state index contributed by atoms with van der Waals surface area (Å²) in [5.74, 6) is 0.717. The normalized spacial score (nSPS) is 23.7. The van der Waals surface area contributed by atoms with E-state index in [0.29, 0.717) is 5.69 Å². The first-order chi connectivity index (χ1) is 9.17. The lowest BCUT2D eigenvalue weighted by atomic mass is 10.2. The topological polar surface area (TPSA) is 57.0 Å². The first kappa shape index (κ1) is 14.1. The van der Waals surface area contributed by atoms with E-state index >= 15 is 0 Å². The highest BCUT2D eigenvalue weighted by atomic mass is 16.5. The van der Waals surface area contributed by atoms with Crippen LogP contribution in [-0.2, 0) is 16.0 Å². The van der Waals surface area contributed by atoms with Crippen molar-refractivity contribution in [2.75, 3.05) is 40.2 Å². The van der Waals surface area contributed by atoms with Gasteiger partial charge in [0.05, 0.1) is 25.0 Å². The summed E-state index contributed by atoms with van der Waals surface area (Å²) in [7, 11) is 5.08. The van der Waals surface area contributed by atoms with Gasteiger partial charge in [0.2, 0.25) is 0 Å². The highest BCUT2D eigenvalue weighted by molar-refractivity contribution is 5.54. The molecule has 0 radical (unpaired) electrons. The summed E-state index contributed by atoms with van der Waals surface area (Å²) in [6, 6.07) is 5.90. The van der Waals surface area contributed by atoms with E-state index in [1.54, 1.807) is 21.3 Å². The molecule has 2 unspecified atom stereocenters. The Labute approximate surface area is 114 Å². The van der Waals surface area contributed by atoms with E-state index in [-0.39, 0.29) is 12.2 Å². The molecule has 2 atom stereocenters. The standard InChI is InChI=1S/C14H22N2O3/c1-17-12-5-4-10(6-11(12)15)7-16-8-13(18-2)14(9-16)19-3/h4-6,13-14H,7-9,15H2,1-3H3. The van der Waals surface area contributed by atoms with E-state index < -0.39 is 0 Å². The van der Waals surface area contributed by atoms with Crippen LogP contribution in [0.5, 0.6) is 5.75 Å². The average molecular weight is 266 g/mol. The summed E-state index contributed by atoms with van der Waals surface area (Å²) in [6.07, 6.45) is 0.279. The number of nitrogens with two attached hydrogens (primary N) is 1. The van der Waals surface area contributed by atoms with Crippen LogP contribution in [0.4, 0.5) is 5.69 Å². The van der Waals surface area contributed by atoms with E-state index in [9.17, 15) is 0 Å². The van der Waals surface area contributed by atoms with Crippen LogP contribution in [0.1, 0.15) is 5.56 Å². The molecule has 106 valence electrons. The van der Waals surface area contributed by atoms with Gasteiger partial charge < -0.3 is 19.9 Å². The van der Waals surface area contributed by atoms with E-state index in [0.717, 1.165) is 25.4 Å². The zero-order valence-corrected chi connectivity index (χ0v) is 11.8. The van der Waals surface area contributed by atoms with Gasteiger partial charge in [-0.2, -0.15) is 0 Å². The molecule has 1 aromatic carbocycles. The molecule has 0 amide bonds. The predicted molar refractivity (Wildman–Crippen MR) is 74.3 cm³/mol. The molecule has 2 N–H and O–H groups in total. The van der Waals surface area contributed by atoms with Gasteiger partial charge in [-0.1, -0.05) is 6.07 Å². The Morgan fingerprint density at radius 2 is 1.79 bits per heavy atom. The lowest BCUT2D eigenvalue weighted by molar-refractivity contribution is -0.00461. The van der Waals surface area contributed by atoms with Crippen LogP contribution in [0.25, 0.3) is 0 Å². The maximum atomic E-state index is 5.92. The summed E-state index contributed by atoms with van der Waals surface area (Å²) in [5, 5.41) is 0.